The normalized spacial score (nSPS) is 11.9. The number of nitrogens with two attached hydrogens (primary N) is 2. The second-order valence-corrected chi connectivity index (χ2v) is 5.80. The van der Waals surface area contributed by atoms with E-state index in [1.165, 1.54) is 22.3 Å². The van der Waals surface area contributed by atoms with Crippen LogP contribution in [0.1, 0.15) is 24.0 Å². The van der Waals surface area contributed by atoms with Crippen molar-refractivity contribution in [1.29, 1.82) is 0 Å². The maximum absolute atomic E-state index is 5.74. The van der Waals surface area contributed by atoms with E-state index in [-0.39, 0.29) is 0 Å². The molecule has 2 aromatic carbocycles. The number of hydrogen-bond donors (Lipinski definition) is 2. The van der Waals surface area contributed by atoms with Gasteiger partial charge in [0, 0.05) is 0 Å². The van der Waals surface area contributed by atoms with E-state index in [4.69, 9.17) is 20.9 Å². The highest BCUT2D eigenvalue weighted by molar-refractivity contribution is 5.78. The van der Waals surface area contributed by atoms with Gasteiger partial charge in [-0.3, -0.25) is 0 Å². The van der Waals surface area contributed by atoms with Crippen LogP contribution < -0.4 is 20.9 Å². The number of rotatable bonds is 8. The zero-order chi connectivity index (χ0) is 16.1. The van der Waals surface area contributed by atoms with Gasteiger partial charge in [0.15, 0.2) is 0 Å². The predicted octanol–water partition coefficient (Wildman–Crippen LogP) is 2.71. The second-order valence-electron chi connectivity index (χ2n) is 5.80. The number of hydrogen-bond acceptors (Lipinski definition) is 4. The molecule has 4 heteroatoms. The summed E-state index contributed by atoms with van der Waals surface area (Å²) in [4.78, 5) is 0. The molecule has 0 radical (unpaired) electrons. The summed E-state index contributed by atoms with van der Waals surface area (Å²) in [6, 6.07) is 12.6. The predicted molar refractivity (Wildman–Crippen MR) is 93.0 cm³/mol. The van der Waals surface area contributed by atoms with Gasteiger partial charge in [-0.2, -0.15) is 0 Å². The zero-order valence-electron chi connectivity index (χ0n) is 13.4. The summed E-state index contributed by atoms with van der Waals surface area (Å²) in [6.45, 7) is 2.65. The van der Waals surface area contributed by atoms with Gasteiger partial charge in [0.25, 0.3) is 0 Å². The minimum Gasteiger partial charge on any atom is -0.494 e. The molecular formula is C19H24N2O2. The Morgan fingerprint density at radius 2 is 1.22 bits per heavy atom. The summed E-state index contributed by atoms with van der Waals surface area (Å²) in [5.41, 5.74) is 16.2. The third-order valence-electron chi connectivity index (χ3n) is 4.06. The van der Waals surface area contributed by atoms with Crippen molar-refractivity contribution < 1.29 is 9.47 Å². The molecule has 0 amide bonds. The molecule has 4 N–H and O–H groups in total. The topological polar surface area (TPSA) is 70.5 Å². The van der Waals surface area contributed by atoms with Crippen molar-refractivity contribution in [3.63, 3.8) is 0 Å². The molecule has 0 heterocycles. The van der Waals surface area contributed by atoms with E-state index in [1.807, 2.05) is 12.1 Å². The van der Waals surface area contributed by atoms with Gasteiger partial charge in [-0.25, -0.2) is 0 Å². The molecule has 0 unspecified atom stereocenters. The van der Waals surface area contributed by atoms with Crippen LogP contribution in [-0.4, -0.2) is 26.3 Å². The molecule has 0 saturated heterocycles. The minimum absolute atomic E-state index is 0.656. The van der Waals surface area contributed by atoms with Gasteiger partial charge in [-0.15, -0.1) is 0 Å². The van der Waals surface area contributed by atoms with Gasteiger partial charge in [0.2, 0.25) is 0 Å². The monoisotopic (exact) mass is 312 g/mol. The van der Waals surface area contributed by atoms with Crippen LogP contribution in [0.25, 0.3) is 11.1 Å². The van der Waals surface area contributed by atoms with Crippen molar-refractivity contribution in [1.82, 2.24) is 0 Å². The van der Waals surface area contributed by atoms with E-state index in [1.54, 1.807) is 0 Å². The molecule has 122 valence electrons. The first-order valence-corrected chi connectivity index (χ1v) is 8.24. The van der Waals surface area contributed by atoms with Crippen LogP contribution in [0.2, 0.25) is 0 Å². The summed E-state index contributed by atoms with van der Waals surface area (Å²) in [7, 11) is 0. The standard InChI is InChI=1S/C19H24N2O2/c20-7-1-9-22-16-3-5-18-14(12-16)11-15-13-17(4-6-19(15)18)23-10-2-8-21/h3-6,12-13H,1-2,7-11,20-21H2. The van der Waals surface area contributed by atoms with Gasteiger partial charge in [0.1, 0.15) is 11.5 Å². The Morgan fingerprint density at radius 3 is 1.65 bits per heavy atom. The highest BCUT2D eigenvalue weighted by Crippen LogP contribution is 2.39. The van der Waals surface area contributed by atoms with Crippen LogP contribution in [0.15, 0.2) is 36.4 Å². The van der Waals surface area contributed by atoms with Crippen LogP contribution in [0.4, 0.5) is 0 Å². The highest BCUT2D eigenvalue weighted by atomic mass is 16.5. The molecule has 0 fully saturated rings. The molecule has 3 rings (SSSR count). The highest BCUT2D eigenvalue weighted by Gasteiger charge is 2.19. The summed E-state index contributed by atoms with van der Waals surface area (Å²) in [5.74, 6) is 1.84. The fourth-order valence-corrected chi connectivity index (χ4v) is 2.89. The molecule has 0 bridgehead atoms. The minimum atomic E-state index is 0.656. The maximum atomic E-state index is 5.74. The van der Waals surface area contributed by atoms with Crippen molar-refractivity contribution in [2.75, 3.05) is 26.3 Å². The Hall–Kier alpha value is -2.04. The second kappa shape index (κ2) is 7.49. The first-order valence-electron chi connectivity index (χ1n) is 8.24. The molecule has 0 aromatic heterocycles. The molecular weight excluding hydrogens is 288 g/mol. The lowest BCUT2D eigenvalue weighted by Crippen LogP contribution is -2.06. The van der Waals surface area contributed by atoms with Gasteiger partial charge in [-0.1, -0.05) is 12.1 Å². The number of benzene rings is 2. The maximum Gasteiger partial charge on any atom is 0.119 e. The fourth-order valence-electron chi connectivity index (χ4n) is 2.89. The molecule has 4 nitrogen and oxygen atoms in total. The Bertz CT molecular complexity index is 613. The average molecular weight is 312 g/mol. The van der Waals surface area contributed by atoms with Crippen LogP contribution >= 0.6 is 0 Å². The average Bonchev–Trinajstić information content (AvgIpc) is 2.92. The Labute approximate surface area is 137 Å². The van der Waals surface area contributed by atoms with Gasteiger partial charge in [-0.05, 0) is 78.9 Å². The van der Waals surface area contributed by atoms with Crippen molar-refractivity contribution in [3.05, 3.63) is 47.5 Å². The van der Waals surface area contributed by atoms with E-state index < -0.39 is 0 Å². The van der Waals surface area contributed by atoms with Crippen LogP contribution in [-0.2, 0) is 6.42 Å². The zero-order valence-corrected chi connectivity index (χ0v) is 13.4. The molecule has 0 atom stereocenters. The SMILES string of the molecule is NCCCOc1ccc2c(c1)Cc1cc(OCCCN)ccc1-2. The number of ether oxygens (including phenoxy) is 2. The first kappa shape index (κ1) is 15.8. The molecule has 0 spiro atoms. The lowest BCUT2D eigenvalue weighted by atomic mass is 10.1. The summed E-state index contributed by atoms with van der Waals surface area (Å²) in [6.07, 6.45) is 2.68. The van der Waals surface area contributed by atoms with Crippen molar-refractivity contribution >= 4 is 0 Å². The third kappa shape index (κ3) is 3.66. The Morgan fingerprint density at radius 1 is 0.739 bits per heavy atom. The van der Waals surface area contributed by atoms with E-state index >= 15 is 0 Å². The van der Waals surface area contributed by atoms with Crippen molar-refractivity contribution in [2.24, 2.45) is 11.5 Å². The molecule has 23 heavy (non-hydrogen) atoms. The van der Waals surface area contributed by atoms with Gasteiger partial charge in [0.05, 0.1) is 13.2 Å². The van der Waals surface area contributed by atoms with E-state index in [0.717, 1.165) is 30.8 Å². The lowest BCUT2D eigenvalue weighted by Gasteiger charge is -2.08. The smallest absolute Gasteiger partial charge is 0.119 e. The van der Waals surface area contributed by atoms with Crippen LogP contribution in [0, 0.1) is 0 Å². The van der Waals surface area contributed by atoms with Gasteiger partial charge >= 0.3 is 0 Å². The van der Waals surface area contributed by atoms with Crippen LogP contribution in [0.3, 0.4) is 0 Å². The van der Waals surface area contributed by atoms with Crippen LogP contribution in [0.5, 0.6) is 11.5 Å². The Kier molecular flexibility index (Phi) is 5.16. The van der Waals surface area contributed by atoms with E-state index in [9.17, 15) is 0 Å². The quantitative estimate of drug-likeness (QED) is 0.627. The van der Waals surface area contributed by atoms with Gasteiger partial charge < -0.3 is 20.9 Å². The molecule has 1 aliphatic carbocycles. The third-order valence-corrected chi connectivity index (χ3v) is 4.06. The number of fused-ring (bicyclic) bond motifs is 3. The van der Waals surface area contributed by atoms with Crippen molar-refractivity contribution in [3.8, 4) is 22.6 Å². The summed E-state index contributed by atoms with van der Waals surface area (Å²) < 4.78 is 11.5. The Balaban J connectivity index is 1.72. The van der Waals surface area contributed by atoms with Crippen molar-refractivity contribution in [2.45, 2.75) is 19.3 Å². The summed E-state index contributed by atoms with van der Waals surface area (Å²) >= 11 is 0. The molecule has 2 aromatic rings. The van der Waals surface area contributed by atoms with E-state index in [0.29, 0.717) is 26.3 Å². The molecule has 0 aliphatic heterocycles. The molecule has 1 aliphatic rings. The molecule has 0 saturated carbocycles. The van der Waals surface area contributed by atoms with E-state index in [2.05, 4.69) is 24.3 Å². The lowest BCUT2D eigenvalue weighted by molar-refractivity contribution is 0.313. The summed E-state index contributed by atoms with van der Waals surface area (Å²) in [5, 5.41) is 0. The largest absolute Gasteiger partial charge is 0.494 e. The fraction of sp³-hybridized carbons (Fsp3) is 0.368. The first-order chi connectivity index (χ1) is 11.3.